The van der Waals surface area contributed by atoms with Gasteiger partial charge in [0.05, 0.1) is 12.4 Å². The SMILES string of the molecule is O=S(=O)(CCCOCc1ccccc1)N[C@H]1CCN(Cc2ccccc2)C1. The molecule has 1 aliphatic heterocycles. The molecule has 0 spiro atoms. The van der Waals surface area contributed by atoms with E-state index in [2.05, 4.69) is 21.8 Å². The van der Waals surface area contributed by atoms with Gasteiger partial charge in [-0.3, -0.25) is 4.90 Å². The second-order valence-corrected chi connectivity index (χ2v) is 8.91. The Balaban J connectivity index is 1.33. The van der Waals surface area contributed by atoms with Crippen molar-refractivity contribution >= 4 is 10.0 Å². The summed E-state index contributed by atoms with van der Waals surface area (Å²) in [6.07, 6.45) is 1.36. The zero-order chi connectivity index (χ0) is 19.0. The van der Waals surface area contributed by atoms with E-state index >= 15 is 0 Å². The number of sulfonamides is 1. The van der Waals surface area contributed by atoms with E-state index in [4.69, 9.17) is 4.74 Å². The highest BCUT2D eigenvalue weighted by Gasteiger charge is 2.26. The van der Waals surface area contributed by atoms with Gasteiger partial charge in [-0.05, 0) is 24.0 Å². The van der Waals surface area contributed by atoms with Crippen LogP contribution in [0.3, 0.4) is 0 Å². The molecule has 27 heavy (non-hydrogen) atoms. The highest BCUT2D eigenvalue weighted by Crippen LogP contribution is 2.14. The van der Waals surface area contributed by atoms with Gasteiger partial charge in [0.2, 0.25) is 10.0 Å². The summed E-state index contributed by atoms with van der Waals surface area (Å²) in [4.78, 5) is 2.30. The van der Waals surface area contributed by atoms with E-state index < -0.39 is 10.0 Å². The maximum atomic E-state index is 12.3. The van der Waals surface area contributed by atoms with Crippen molar-refractivity contribution in [3.63, 3.8) is 0 Å². The van der Waals surface area contributed by atoms with Crippen LogP contribution in [0.5, 0.6) is 0 Å². The number of hydrogen-bond acceptors (Lipinski definition) is 4. The summed E-state index contributed by atoms with van der Waals surface area (Å²) in [6, 6.07) is 20.2. The Labute approximate surface area is 162 Å². The Bertz CT molecular complexity index is 782. The Morgan fingerprint density at radius 3 is 2.37 bits per heavy atom. The Morgan fingerprint density at radius 2 is 1.67 bits per heavy atom. The molecule has 0 aliphatic carbocycles. The van der Waals surface area contributed by atoms with E-state index in [1.54, 1.807) is 0 Å². The second-order valence-electron chi connectivity index (χ2n) is 7.03. The Hall–Kier alpha value is -1.73. The van der Waals surface area contributed by atoms with E-state index in [9.17, 15) is 8.42 Å². The number of ether oxygens (including phenoxy) is 1. The highest BCUT2D eigenvalue weighted by atomic mass is 32.2. The lowest BCUT2D eigenvalue weighted by Gasteiger charge is -2.17. The van der Waals surface area contributed by atoms with Crippen molar-refractivity contribution in [1.29, 1.82) is 0 Å². The third kappa shape index (κ3) is 7.07. The summed E-state index contributed by atoms with van der Waals surface area (Å²) < 4.78 is 33.0. The molecule has 0 unspecified atom stereocenters. The quantitative estimate of drug-likeness (QED) is 0.636. The van der Waals surface area contributed by atoms with Crippen molar-refractivity contribution in [2.24, 2.45) is 0 Å². The van der Waals surface area contributed by atoms with Gasteiger partial charge >= 0.3 is 0 Å². The van der Waals surface area contributed by atoms with Crippen LogP contribution in [0.25, 0.3) is 0 Å². The van der Waals surface area contributed by atoms with Gasteiger partial charge in [-0.1, -0.05) is 60.7 Å². The van der Waals surface area contributed by atoms with Gasteiger partial charge < -0.3 is 4.74 Å². The topological polar surface area (TPSA) is 58.6 Å². The fraction of sp³-hybridized carbons (Fsp3) is 0.429. The molecule has 1 N–H and O–H groups in total. The molecule has 0 aromatic heterocycles. The zero-order valence-electron chi connectivity index (χ0n) is 15.6. The number of likely N-dealkylation sites (tertiary alicyclic amines) is 1. The standard InChI is InChI=1S/C21H28N2O3S/c24-27(25,15-7-14-26-18-20-10-5-2-6-11-20)22-21-12-13-23(17-21)16-19-8-3-1-4-9-19/h1-6,8-11,21-22H,7,12-18H2/t21-/m0/s1. The first kappa shape index (κ1) is 20.0. The summed E-state index contributed by atoms with van der Waals surface area (Å²) in [5.74, 6) is 0.108. The number of nitrogens with one attached hydrogen (secondary N) is 1. The van der Waals surface area contributed by atoms with Crippen LogP contribution in [0.1, 0.15) is 24.0 Å². The minimum absolute atomic E-state index is 0.00366. The van der Waals surface area contributed by atoms with Crippen LogP contribution in [0.15, 0.2) is 60.7 Å². The summed E-state index contributed by atoms with van der Waals surface area (Å²) in [6.45, 7) is 3.51. The van der Waals surface area contributed by atoms with Crippen molar-refractivity contribution < 1.29 is 13.2 Å². The molecule has 2 aromatic rings. The zero-order valence-corrected chi connectivity index (χ0v) is 16.4. The van der Waals surface area contributed by atoms with Crippen LogP contribution in [0, 0.1) is 0 Å². The normalized spacial score (nSPS) is 18.0. The predicted octanol–water partition coefficient (Wildman–Crippen LogP) is 2.79. The van der Waals surface area contributed by atoms with Gasteiger partial charge in [0.15, 0.2) is 0 Å². The lowest BCUT2D eigenvalue weighted by atomic mass is 10.2. The number of nitrogens with zero attached hydrogens (tertiary/aromatic N) is 1. The first-order valence-electron chi connectivity index (χ1n) is 9.49. The molecule has 0 amide bonds. The smallest absolute Gasteiger partial charge is 0.211 e. The van der Waals surface area contributed by atoms with E-state index in [1.807, 2.05) is 48.5 Å². The van der Waals surface area contributed by atoms with Crippen molar-refractivity contribution in [2.75, 3.05) is 25.4 Å². The molecule has 1 fully saturated rings. The van der Waals surface area contributed by atoms with E-state index in [0.29, 0.717) is 19.6 Å². The monoisotopic (exact) mass is 388 g/mol. The van der Waals surface area contributed by atoms with E-state index in [0.717, 1.165) is 31.6 Å². The van der Waals surface area contributed by atoms with Crippen LogP contribution < -0.4 is 4.72 Å². The van der Waals surface area contributed by atoms with Crippen molar-refractivity contribution in [3.05, 3.63) is 71.8 Å². The lowest BCUT2D eigenvalue weighted by Crippen LogP contribution is -2.38. The molecule has 2 aromatic carbocycles. The minimum Gasteiger partial charge on any atom is -0.377 e. The van der Waals surface area contributed by atoms with Gasteiger partial charge in [0.25, 0.3) is 0 Å². The average Bonchev–Trinajstić information content (AvgIpc) is 3.09. The molecule has 1 heterocycles. The second kappa shape index (κ2) is 9.99. The van der Waals surface area contributed by atoms with Crippen LogP contribution in [-0.2, 0) is 27.9 Å². The van der Waals surface area contributed by atoms with E-state index in [1.165, 1.54) is 5.56 Å². The maximum Gasteiger partial charge on any atom is 0.211 e. The molecular weight excluding hydrogens is 360 g/mol. The summed E-state index contributed by atoms with van der Waals surface area (Å²) in [5.41, 5.74) is 2.36. The molecule has 0 radical (unpaired) electrons. The van der Waals surface area contributed by atoms with Gasteiger partial charge in [0.1, 0.15) is 0 Å². The first-order chi connectivity index (χ1) is 13.1. The fourth-order valence-electron chi connectivity index (χ4n) is 3.34. The van der Waals surface area contributed by atoms with Crippen molar-refractivity contribution in [3.8, 4) is 0 Å². The largest absolute Gasteiger partial charge is 0.377 e. The molecule has 0 bridgehead atoms. The van der Waals surface area contributed by atoms with Crippen LogP contribution in [0.2, 0.25) is 0 Å². The molecule has 1 atom stereocenters. The summed E-state index contributed by atoms with van der Waals surface area (Å²) in [5, 5.41) is 0. The molecular formula is C21H28N2O3S. The number of benzene rings is 2. The third-order valence-electron chi connectivity index (χ3n) is 4.68. The molecule has 5 nitrogen and oxygen atoms in total. The van der Waals surface area contributed by atoms with Crippen LogP contribution in [-0.4, -0.2) is 44.8 Å². The van der Waals surface area contributed by atoms with E-state index in [-0.39, 0.29) is 11.8 Å². The average molecular weight is 389 g/mol. The van der Waals surface area contributed by atoms with Gasteiger partial charge in [-0.15, -0.1) is 0 Å². The fourth-order valence-corrected chi connectivity index (χ4v) is 4.66. The number of rotatable bonds is 10. The summed E-state index contributed by atoms with van der Waals surface area (Å²) >= 11 is 0. The first-order valence-corrected chi connectivity index (χ1v) is 11.1. The van der Waals surface area contributed by atoms with Crippen molar-refractivity contribution in [1.82, 2.24) is 9.62 Å². The predicted molar refractivity (Wildman–Crippen MR) is 108 cm³/mol. The lowest BCUT2D eigenvalue weighted by molar-refractivity contribution is 0.122. The molecule has 0 saturated carbocycles. The molecule has 6 heteroatoms. The Kier molecular flexibility index (Phi) is 7.41. The molecule has 146 valence electrons. The summed E-state index contributed by atoms with van der Waals surface area (Å²) in [7, 11) is -3.26. The number of hydrogen-bond donors (Lipinski definition) is 1. The van der Waals surface area contributed by atoms with Crippen molar-refractivity contribution in [2.45, 2.75) is 32.0 Å². The molecule has 1 aliphatic rings. The highest BCUT2D eigenvalue weighted by molar-refractivity contribution is 7.89. The molecule has 3 rings (SSSR count). The third-order valence-corrected chi connectivity index (χ3v) is 6.20. The Morgan fingerprint density at radius 1 is 1.00 bits per heavy atom. The maximum absolute atomic E-state index is 12.3. The van der Waals surface area contributed by atoms with Gasteiger partial charge in [0, 0.05) is 32.3 Å². The van der Waals surface area contributed by atoms with Gasteiger partial charge in [-0.2, -0.15) is 0 Å². The van der Waals surface area contributed by atoms with Crippen LogP contribution in [0.4, 0.5) is 0 Å². The van der Waals surface area contributed by atoms with Crippen LogP contribution >= 0.6 is 0 Å². The minimum atomic E-state index is -3.26. The molecule has 1 saturated heterocycles. The van der Waals surface area contributed by atoms with Gasteiger partial charge in [-0.25, -0.2) is 13.1 Å².